The molecule has 20 heavy (non-hydrogen) atoms. The van der Waals surface area contributed by atoms with Crippen molar-refractivity contribution in [3.8, 4) is 0 Å². The molecule has 0 spiro atoms. The molecule has 0 fully saturated rings. The van der Waals surface area contributed by atoms with Crippen LogP contribution in [-0.2, 0) is 0 Å². The van der Waals surface area contributed by atoms with Crippen LogP contribution < -0.4 is 11.5 Å². The standard InChI is InChI=1S/C15H15N3O2/c16-12(17)7-8-18-14(19)10-5-1-3-9-4-2-6-11(13(9)10)15(18)20/h1-6,12H,7-8,16-17H2. The highest BCUT2D eigenvalue weighted by atomic mass is 16.2. The van der Waals surface area contributed by atoms with Crippen molar-refractivity contribution in [2.45, 2.75) is 12.6 Å². The summed E-state index contributed by atoms with van der Waals surface area (Å²) in [5, 5.41) is 1.63. The fourth-order valence-corrected chi connectivity index (χ4v) is 2.56. The lowest BCUT2D eigenvalue weighted by Crippen LogP contribution is -2.44. The predicted octanol–water partition coefficient (Wildman–Crippen LogP) is 1.07. The van der Waals surface area contributed by atoms with Gasteiger partial charge in [0.25, 0.3) is 11.8 Å². The van der Waals surface area contributed by atoms with Gasteiger partial charge in [0.1, 0.15) is 0 Å². The van der Waals surface area contributed by atoms with Crippen molar-refractivity contribution in [3.63, 3.8) is 0 Å². The molecule has 0 aliphatic carbocycles. The van der Waals surface area contributed by atoms with E-state index in [9.17, 15) is 9.59 Å². The highest BCUT2D eigenvalue weighted by Gasteiger charge is 2.32. The number of benzene rings is 2. The Morgan fingerprint density at radius 2 is 1.50 bits per heavy atom. The van der Waals surface area contributed by atoms with Crippen LogP contribution in [0.2, 0.25) is 0 Å². The van der Waals surface area contributed by atoms with Crippen LogP contribution in [0, 0.1) is 0 Å². The molecular formula is C15H15N3O2. The van der Waals surface area contributed by atoms with Gasteiger partial charge in [0.2, 0.25) is 0 Å². The largest absolute Gasteiger partial charge is 0.316 e. The zero-order valence-electron chi connectivity index (χ0n) is 10.9. The summed E-state index contributed by atoms with van der Waals surface area (Å²) < 4.78 is 0. The van der Waals surface area contributed by atoms with E-state index in [2.05, 4.69) is 0 Å². The van der Waals surface area contributed by atoms with Crippen LogP contribution in [0.4, 0.5) is 0 Å². The predicted molar refractivity (Wildman–Crippen MR) is 76.1 cm³/mol. The van der Waals surface area contributed by atoms with E-state index in [0.29, 0.717) is 17.5 Å². The van der Waals surface area contributed by atoms with Gasteiger partial charge in [-0.05, 0) is 23.9 Å². The third-order valence-corrected chi connectivity index (χ3v) is 3.54. The second-order valence-corrected chi connectivity index (χ2v) is 4.92. The molecule has 4 N–H and O–H groups in total. The summed E-state index contributed by atoms with van der Waals surface area (Å²) in [6, 6.07) is 10.9. The summed E-state index contributed by atoms with van der Waals surface area (Å²) in [6.45, 7) is 0.236. The summed E-state index contributed by atoms with van der Waals surface area (Å²) in [6.07, 6.45) is -0.154. The van der Waals surface area contributed by atoms with E-state index in [1.54, 1.807) is 12.1 Å². The molecule has 0 saturated heterocycles. The maximum Gasteiger partial charge on any atom is 0.261 e. The van der Waals surface area contributed by atoms with Crippen molar-refractivity contribution in [3.05, 3.63) is 47.5 Å². The fraction of sp³-hybridized carbons (Fsp3) is 0.200. The number of carbonyl (C=O) groups excluding carboxylic acids is 2. The highest BCUT2D eigenvalue weighted by Crippen LogP contribution is 2.29. The van der Waals surface area contributed by atoms with Crippen LogP contribution in [0.25, 0.3) is 10.8 Å². The van der Waals surface area contributed by atoms with E-state index >= 15 is 0 Å². The van der Waals surface area contributed by atoms with Crippen molar-refractivity contribution >= 4 is 22.6 Å². The smallest absolute Gasteiger partial charge is 0.261 e. The molecule has 0 bridgehead atoms. The van der Waals surface area contributed by atoms with Gasteiger partial charge in [-0.25, -0.2) is 0 Å². The number of hydrogen-bond acceptors (Lipinski definition) is 4. The lowest BCUT2D eigenvalue weighted by molar-refractivity contribution is 0.0606. The topological polar surface area (TPSA) is 89.4 Å². The van der Waals surface area contributed by atoms with Crippen LogP contribution in [0.3, 0.4) is 0 Å². The van der Waals surface area contributed by atoms with Gasteiger partial charge in [-0.2, -0.15) is 0 Å². The average molecular weight is 269 g/mol. The van der Waals surface area contributed by atoms with E-state index < -0.39 is 6.17 Å². The molecule has 0 atom stereocenters. The average Bonchev–Trinajstić information content (AvgIpc) is 2.44. The molecule has 1 aliphatic rings. The number of hydrogen-bond donors (Lipinski definition) is 2. The summed E-state index contributed by atoms with van der Waals surface area (Å²) in [7, 11) is 0. The van der Waals surface area contributed by atoms with Gasteiger partial charge in [0, 0.05) is 23.1 Å². The molecule has 0 aromatic heterocycles. The third kappa shape index (κ3) is 1.88. The van der Waals surface area contributed by atoms with E-state index in [0.717, 1.165) is 10.8 Å². The van der Waals surface area contributed by atoms with Crippen LogP contribution in [-0.4, -0.2) is 29.4 Å². The first-order valence-corrected chi connectivity index (χ1v) is 6.48. The third-order valence-electron chi connectivity index (χ3n) is 3.54. The Morgan fingerprint density at radius 1 is 0.950 bits per heavy atom. The van der Waals surface area contributed by atoms with Gasteiger partial charge >= 0.3 is 0 Å². The van der Waals surface area contributed by atoms with Crippen molar-refractivity contribution < 1.29 is 9.59 Å². The van der Waals surface area contributed by atoms with Crippen LogP contribution in [0.1, 0.15) is 27.1 Å². The Morgan fingerprint density at radius 3 is 2.00 bits per heavy atom. The van der Waals surface area contributed by atoms with Gasteiger partial charge < -0.3 is 11.5 Å². The van der Waals surface area contributed by atoms with E-state index in [1.165, 1.54) is 4.90 Å². The van der Waals surface area contributed by atoms with E-state index in [4.69, 9.17) is 11.5 Å². The number of nitrogens with zero attached hydrogens (tertiary/aromatic N) is 1. The molecule has 1 aliphatic heterocycles. The molecule has 5 nitrogen and oxygen atoms in total. The molecule has 3 rings (SSSR count). The normalized spacial score (nSPS) is 14.4. The van der Waals surface area contributed by atoms with Crippen molar-refractivity contribution in [2.24, 2.45) is 11.5 Å². The number of rotatable bonds is 3. The monoisotopic (exact) mass is 269 g/mol. The number of carbonyl (C=O) groups is 2. The van der Waals surface area contributed by atoms with Crippen molar-refractivity contribution in [2.75, 3.05) is 6.54 Å². The lowest BCUT2D eigenvalue weighted by Gasteiger charge is -2.27. The molecule has 0 unspecified atom stereocenters. The quantitative estimate of drug-likeness (QED) is 0.644. The van der Waals surface area contributed by atoms with Gasteiger partial charge in [-0.1, -0.05) is 24.3 Å². The highest BCUT2D eigenvalue weighted by molar-refractivity contribution is 6.25. The maximum atomic E-state index is 12.4. The Hall–Kier alpha value is -2.24. The summed E-state index contributed by atoms with van der Waals surface area (Å²) >= 11 is 0. The number of nitrogens with two attached hydrogens (primary N) is 2. The Balaban J connectivity index is 2.11. The summed E-state index contributed by atoms with van der Waals surface area (Å²) in [5.41, 5.74) is 12.1. The second kappa shape index (κ2) is 4.70. The van der Waals surface area contributed by atoms with E-state index in [1.807, 2.05) is 24.3 Å². The minimum atomic E-state index is -0.538. The van der Waals surface area contributed by atoms with Crippen LogP contribution in [0.15, 0.2) is 36.4 Å². The minimum Gasteiger partial charge on any atom is -0.316 e. The number of amides is 2. The Bertz CT molecular complexity index is 659. The molecule has 2 aromatic carbocycles. The van der Waals surface area contributed by atoms with Crippen LogP contribution in [0.5, 0.6) is 0 Å². The maximum absolute atomic E-state index is 12.4. The Labute approximate surface area is 116 Å². The van der Waals surface area contributed by atoms with Gasteiger partial charge in [0.15, 0.2) is 0 Å². The minimum absolute atomic E-state index is 0.236. The second-order valence-electron chi connectivity index (χ2n) is 4.92. The van der Waals surface area contributed by atoms with E-state index in [-0.39, 0.29) is 18.4 Å². The molecule has 2 amide bonds. The fourth-order valence-electron chi connectivity index (χ4n) is 2.56. The first-order chi connectivity index (χ1) is 9.59. The summed E-state index contributed by atoms with van der Waals surface area (Å²) in [5.74, 6) is -0.556. The lowest BCUT2D eigenvalue weighted by atomic mass is 9.94. The SMILES string of the molecule is NC(N)CCN1C(=O)c2cccc3cccc(c23)C1=O. The van der Waals surface area contributed by atoms with Gasteiger partial charge in [-0.3, -0.25) is 14.5 Å². The van der Waals surface area contributed by atoms with Gasteiger partial charge in [0.05, 0.1) is 6.17 Å². The first kappa shape index (κ1) is 12.8. The van der Waals surface area contributed by atoms with Crippen LogP contribution >= 0.6 is 0 Å². The molecule has 102 valence electrons. The molecule has 0 saturated carbocycles. The summed E-state index contributed by atoms with van der Waals surface area (Å²) in [4.78, 5) is 26.1. The zero-order chi connectivity index (χ0) is 14.3. The van der Waals surface area contributed by atoms with Gasteiger partial charge in [-0.15, -0.1) is 0 Å². The molecular weight excluding hydrogens is 254 g/mol. The van der Waals surface area contributed by atoms with Crippen molar-refractivity contribution in [1.29, 1.82) is 0 Å². The molecule has 1 heterocycles. The zero-order valence-corrected chi connectivity index (χ0v) is 10.9. The molecule has 2 aromatic rings. The molecule has 5 heteroatoms. The van der Waals surface area contributed by atoms with Crippen molar-refractivity contribution in [1.82, 2.24) is 4.90 Å². The number of imide groups is 1. The first-order valence-electron chi connectivity index (χ1n) is 6.48. The Kier molecular flexibility index (Phi) is 3.00. The molecule has 0 radical (unpaired) electrons.